The van der Waals surface area contributed by atoms with E-state index in [1.807, 2.05) is 19.1 Å². The molecule has 0 radical (unpaired) electrons. The monoisotopic (exact) mass is 375 g/mol. The van der Waals surface area contributed by atoms with Gasteiger partial charge in [0.25, 0.3) is 0 Å². The zero-order chi connectivity index (χ0) is 14.8. The van der Waals surface area contributed by atoms with Crippen LogP contribution in [0.15, 0.2) is 39.7 Å². The summed E-state index contributed by atoms with van der Waals surface area (Å²) < 4.78 is 27.5. The van der Waals surface area contributed by atoms with Crippen molar-refractivity contribution in [3.63, 3.8) is 0 Å². The van der Waals surface area contributed by atoms with Crippen LogP contribution in [0.4, 0.5) is 0 Å². The predicted octanol–water partition coefficient (Wildman–Crippen LogP) is 2.79. The molecule has 0 spiro atoms. The number of sulfonamides is 1. The maximum atomic E-state index is 12.2. The van der Waals surface area contributed by atoms with Crippen molar-refractivity contribution in [2.24, 2.45) is 0 Å². The molecule has 0 bridgehead atoms. The molecule has 1 aromatic carbocycles. The van der Waals surface area contributed by atoms with Gasteiger partial charge in [0.05, 0.1) is 11.5 Å². The Balaban J connectivity index is 2.18. The van der Waals surface area contributed by atoms with Crippen LogP contribution in [0.3, 0.4) is 0 Å². The number of nitrogens with one attached hydrogen (secondary N) is 1. The molecular weight excluding hydrogens is 362 g/mol. The molecule has 7 heteroatoms. The molecule has 4 nitrogen and oxygen atoms in total. The number of benzene rings is 1. The largest absolute Gasteiger partial charge is 0.392 e. The molecule has 108 valence electrons. The van der Waals surface area contributed by atoms with E-state index in [2.05, 4.69) is 20.7 Å². The predicted molar refractivity (Wildman–Crippen MR) is 83.1 cm³/mol. The van der Waals surface area contributed by atoms with Crippen molar-refractivity contribution in [2.45, 2.75) is 25.0 Å². The van der Waals surface area contributed by atoms with E-state index in [0.29, 0.717) is 10.0 Å². The van der Waals surface area contributed by atoms with Crippen molar-refractivity contribution in [3.8, 4) is 0 Å². The van der Waals surface area contributed by atoms with Gasteiger partial charge in [-0.1, -0.05) is 6.07 Å². The lowest BCUT2D eigenvalue weighted by molar-refractivity contribution is 0.281. The fourth-order valence-corrected chi connectivity index (χ4v) is 4.74. The minimum Gasteiger partial charge on any atom is -0.392 e. The van der Waals surface area contributed by atoms with E-state index in [0.717, 1.165) is 9.75 Å². The van der Waals surface area contributed by atoms with Crippen LogP contribution in [0.2, 0.25) is 0 Å². The summed E-state index contributed by atoms with van der Waals surface area (Å²) in [6.07, 6.45) is 0. The van der Waals surface area contributed by atoms with Crippen LogP contribution in [0.5, 0.6) is 0 Å². The number of aliphatic hydroxyl groups excluding tert-OH is 1. The van der Waals surface area contributed by atoms with Crippen LogP contribution in [0.25, 0.3) is 0 Å². The van der Waals surface area contributed by atoms with Gasteiger partial charge < -0.3 is 5.11 Å². The minimum absolute atomic E-state index is 0.124. The molecule has 0 aliphatic carbocycles. The first-order valence-corrected chi connectivity index (χ1v) is 8.96. The summed E-state index contributed by atoms with van der Waals surface area (Å²) in [5, 5.41) is 9.03. The van der Waals surface area contributed by atoms with E-state index in [-0.39, 0.29) is 18.0 Å². The number of aliphatic hydroxyl groups is 1. The highest BCUT2D eigenvalue weighted by atomic mass is 79.9. The molecule has 0 aliphatic heterocycles. The molecule has 0 saturated heterocycles. The summed E-state index contributed by atoms with van der Waals surface area (Å²) in [5.74, 6) is 0. The van der Waals surface area contributed by atoms with Gasteiger partial charge in [-0.05, 0) is 52.7 Å². The van der Waals surface area contributed by atoms with Crippen LogP contribution in [-0.4, -0.2) is 13.5 Å². The van der Waals surface area contributed by atoms with Crippen molar-refractivity contribution in [1.82, 2.24) is 4.72 Å². The first-order valence-electron chi connectivity index (χ1n) is 5.86. The maximum Gasteiger partial charge on any atom is 0.242 e. The van der Waals surface area contributed by atoms with Gasteiger partial charge in [-0.15, -0.1) is 11.3 Å². The van der Waals surface area contributed by atoms with E-state index >= 15 is 0 Å². The highest BCUT2D eigenvalue weighted by Gasteiger charge is 2.17. The van der Waals surface area contributed by atoms with Crippen molar-refractivity contribution >= 4 is 37.3 Å². The number of thiophene rings is 1. The quantitative estimate of drug-likeness (QED) is 0.844. The van der Waals surface area contributed by atoms with Gasteiger partial charge in [-0.25, -0.2) is 13.1 Å². The zero-order valence-electron chi connectivity index (χ0n) is 10.8. The van der Waals surface area contributed by atoms with Gasteiger partial charge in [0.15, 0.2) is 0 Å². The molecule has 0 saturated carbocycles. The Morgan fingerprint density at radius 2 is 2.05 bits per heavy atom. The lowest BCUT2D eigenvalue weighted by Crippen LogP contribution is -2.23. The number of rotatable bonds is 5. The van der Waals surface area contributed by atoms with Crippen molar-refractivity contribution in [2.75, 3.05) is 0 Å². The van der Waals surface area contributed by atoms with Crippen molar-refractivity contribution < 1.29 is 13.5 Å². The third kappa shape index (κ3) is 3.67. The normalized spacial score (nSPS) is 11.8. The minimum atomic E-state index is -3.58. The lowest BCUT2D eigenvalue weighted by atomic mass is 10.2. The first kappa shape index (κ1) is 15.7. The van der Waals surface area contributed by atoms with Crippen molar-refractivity contribution in [3.05, 3.63) is 50.1 Å². The highest BCUT2D eigenvalue weighted by Crippen LogP contribution is 2.24. The molecule has 2 rings (SSSR count). The molecule has 0 amide bonds. The number of hydrogen-bond donors (Lipinski definition) is 2. The number of halogens is 1. The van der Waals surface area contributed by atoms with E-state index in [1.54, 1.807) is 23.5 Å². The Morgan fingerprint density at radius 1 is 1.30 bits per heavy atom. The smallest absolute Gasteiger partial charge is 0.242 e. The Bertz CT molecular complexity index is 710. The van der Waals surface area contributed by atoms with Crippen molar-refractivity contribution in [1.29, 1.82) is 0 Å². The van der Waals surface area contributed by atoms with Crippen LogP contribution in [0, 0.1) is 6.92 Å². The summed E-state index contributed by atoms with van der Waals surface area (Å²) in [5.41, 5.74) is 0.657. The highest BCUT2D eigenvalue weighted by molar-refractivity contribution is 9.10. The third-order valence-corrected chi connectivity index (χ3v) is 6.08. The maximum absolute atomic E-state index is 12.2. The number of aryl methyl sites for hydroxylation is 1. The summed E-state index contributed by atoms with van der Waals surface area (Å²) in [6, 6.07) is 8.54. The molecule has 20 heavy (non-hydrogen) atoms. The molecule has 1 heterocycles. The van der Waals surface area contributed by atoms with Crippen LogP contribution >= 0.6 is 27.3 Å². The zero-order valence-corrected chi connectivity index (χ0v) is 14.0. The Morgan fingerprint density at radius 3 is 2.60 bits per heavy atom. The molecule has 1 aromatic heterocycles. The third-order valence-electron chi connectivity index (χ3n) is 2.70. The molecular formula is C13H14BrNO3S2. The van der Waals surface area contributed by atoms with Gasteiger partial charge in [-0.2, -0.15) is 0 Å². The Labute approximate surface area is 130 Å². The summed E-state index contributed by atoms with van der Waals surface area (Å²) in [4.78, 5) is 2.28. The van der Waals surface area contributed by atoms with Gasteiger partial charge in [-0.3, -0.25) is 0 Å². The fourth-order valence-electron chi connectivity index (χ4n) is 1.68. The van der Waals surface area contributed by atoms with Gasteiger partial charge in [0.1, 0.15) is 0 Å². The average Bonchev–Trinajstić information content (AvgIpc) is 2.82. The van der Waals surface area contributed by atoms with Crippen LogP contribution < -0.4 is 4.72 Å². The van der Waals surface area contributed by atoms with Crippen LogP contribution in [-0.2, 0) is 23.2 Å². The second kappa shape index (κ2) is 6.36. The molecule has 0 fully saturated rings. The van der Waals surface area contributed by atoms with Gasteiger partial charge in [0.2, 0.25) is 10.0 Å². The number of hydrogen-bond acceptors (Lipinski definition) is 4. The summed E-state index contributed by atoms with van der Waals surface area (Å²) >= 11 is 4.79. The van der Waals surface area contributed by atoms with E-state index in [1.165, 1.54) is 6.07 Å². The fraction of sp³-hybridized carbons (Fsp3) is 0.231. The standard InChI is InChI=1S/C13H14BrNO3S2/c1-9-2-4-11(19-9)7-15-20(17,18)13-5-3-10(8-16)6-12(13)14/h2-6,15-16H,7-8H2,1H3. The molecule has 2 N–H and O–H groups in total. The van der Waals surface area contributed by atoms with Gasteiger partial charge in [0, 0.05) is 20.8 Å². The molecule has 2 aromatic rings. The van der Waals surface area contributed by atoms with Crippen LogP contribution in [0.1, 0.15) is 15.3 Å². The summed E-state index contributed by atoms with van der Waals surface area (Å²) in [6.45, 7) is 2.13. The summed E-state index contributed by atoms with van der Waals surface area (Å²) in [7, 11) is -3.58. The second-order valence-corrected chi connectivity index (χ2v) is 8.22. The van der Waals surface area contributed by atoms with Gasteiger partial charge >= 0.3 is 0 Å². The topological polar surface area (TPSA) is 66.4 Å². The first-order chi connectivity index (χ1) is 9.42. The molecule has 0 atom stereocenters. The SMILES string of the molecule is Cc1ccc(CNS(=O)(=O)c2ccc(CO)cc2Br)s1. The Kier molecular flexibility index (Phi) is 4.98. The van der Waals surface area contributed by atoms with E-state index in [9.17, 15) is 8.42 Å². The Hall–Kier alpha value is -0.730. The molecule has 0 unspecified atom stereocenters. The van der Waals surface area contributed by atoms with E-state index in [4.69, 9.17) is 5.11 Å². The van der Waals surface area contributed by atoms with E-state index < -0.39 is 10.0 Å². The second-order valence-electron chi connectivity index (χ2n) is 4.26. The average molecular weight is 376 g/mol. The lowest BCUT2D eigenvalue weighted by Gasteiger charge is -2.08. The molecule has 0 aliphatic rings.